The van der Waals surface area contributed by atoms with E-state index in [4.69, 9.17) is 4.74 Å². The number of nitrogens with one attached hydrogen (secondary N) is 1. The van der Waals surface area contributed by atoms with Gasteiger partial charge in [0.25, 0.3) is 5.91 Å². The Hall–Kier alpha value is -2.33. The van der Waals surface area contributed by atoms with E-state index in [2.05, 4.69) is 41.0 Å². The van der Waals surface area contributed by atoms with Crippen molar-refractivity contribution in [3.05, 3.63) is 65.7 Å². The highest BCUT2D eigenvalue weighted by Gasteiger charge is 2.16. The van der Waals surface area contributed by atoms with Crippen LogP contribution in [0.5, 0.6) is 5.75 Å². The number of carbonyl (C=O) groups excluding carboxylic acids is 1. The van der Waals surface area contributed by atoms with Crippen molar-refractivity contribution in [1.82, 2.24) is 5.32 Å². The molecule has 2 aromatic rings. The fraction of sp³-hybridized carbons (Fsp3) is 0.435. The van der Waals surface area contributed by atoms with Crippen LogP contribution in [0.15, 0.2) is 54.6 Å². The van der Waals surface area contributed by atoms with E-state index in [1.54, 1.807) is 0 Å². The number of nitrogens with two attached hydrogens (primary N) is 1. The highest BCUT2D eigenvalue weighted by atomic mass is 16.5. The van der Waals surface area contributed by atoms with Gasteiger partial charge in [0.1, 0.15) is 12.3 Å². The molecule has 3 rings (SSSR count). The predicted octanol–water partition coefficient (Wildman–Crippen LogP) is 2.82. The van der Waals surface area contributed by atoms with Gasteiger partial charge < -0.3 is 15.4 Å². The summed E-state index contributed by atoms with van der Waals surface area (Å²) in [6.45, 7) is 1.98. The van der Waals surface area contributed by atoms with E-state index in [-0.39, 0.29) is 12.5 Å². The van der Waals surface area contributed by atoms with Crippen LogP contribution >= 0.6 is 0 Å². The summed E-state index contributed by atoms with van der Waals surface area (Å²) in [5.74, 6) is 0.803. The van der Waals surface area contributed by atoms with Crippen molar-refractivity contribution in [3.8, 4) is 5.75 Å². The number of quaternary nitrogens is 1. The molecule has 144 valence electrons. The molecule has 2 aromatic carbocycles. The molecule has 1 fully saturated rings. The maximum Gasteiger partial charge on any atom is 0.258 e. The molecule has 0 unspecified atom stereocenters. The van der Waals surface area contributed by atoms with Gasteiger partial charge in [-0.15, -0.1) is 0 Å². The van der Waals surface area contributed by atoms with Crippen molar-refractivity contribution >= 4 is 5.91 Å². The Morgan fingerprint density at radius 3 is 2.56 bits per heavy atom. The van der Waals surface area contributed by atoms with Gasteiger partial charge in [-0.3, -0.25) is 4.79 Å². The van der Waals surface area contributed by atoms with Gasteiger partial charge in [-0.25, -0.2) is 0 Å². The van der Waals surface area contributed by atoms with Crippen molar-refractivity contribution in [3.63, 3.8) is 0 Å². The van der Waals surface area contributed by atoms with Crippen LogP contribution in [-0.4, -0.2) is 25.1 Å². The largest absolute Gasteiger partial charge is 0.483 e. The average molecular weight is 368 g/mol. The molecule has 0 radical (unpaired) electrons. The monoisotopic (exact) mass is 367 g/mol. The molecule has 0 atom stereocenters. The molecule has 0 spiro atoms. The molecule has 0 bridgehead atoms. The summed E-state index contributed by atoms with van der Waals surface area (Å²) >= 11 is 0. The van der Waals surface area contributed by atoms with Crippen molar-refractivity contribution in [2.45, 2.75) is 51.1 Å². The first-order chi connectivity index (χ1) is 13.3. The zero-order valence-electron chi connectivity index (χ0n) is 16.0. The molecule has 4 nitrogen and oxygen atoms in total. The summed E-state index contributed by atoms with van der Waals surface area (Å²) in [6.07, 6.45) is 6.96. The smallest absolute Gasteiger partial charge is 0.258 e. The van der Waals surface area contributed by atoms with Crippen LogP contribution in [0.3, 0.4) is 0 Å². The van der Waals surface area contributed by atoms with Crippen LogP contribution in [0.2, 0.25) is 0 Å². The number of rotatable bonds is 9. The zero-order valence-corrected chi connectivity index (χ0v) is 16.0. The van der Waals surface area contributed by atoms with Crippen LogP contribution < -0.4 is 15.4 Å². The molecule has 4 heteroatoms. The number of hydrogen-bond donors (Lipinski definition) is 2. The van der Waals surface area contributed by atoms with Gasteiger partial charge in [0.05, 0.1) is 6.54 Å². The molecule has 27 heavy (non-hydrogen) atoms. The van der Waals surface area contributed by atoms with E-state index in [0.717, 1.165) is 43.7 Å². The van der Waals surface area contributed by atoms with Gasteiger partial charge in [0.2, 0.25) is 0 Å². The molecular formula is C23H31N2O2+. The van der Waals surface area contributed by atoms with Crippen molar-refractivity contribution in [2.75, 3.05) is 13.2 Å². The van der Waals surface area contributed by atoms with Gasteiger partial charge in [-0.1, -0.05) is 61.7 Å². The molecule has 0 saturated heterocycles. The zero-order chi connectivity index (χ0) is 18.7. The summed E-state index contributed by atoms with van der Waals surface area (Å²) in [6, 6.07) is 18.9. The molecular weight excluding hydrogens is 336 g/mol. The van der Waals surface area contributed by atoms with E-state index in [9.17, 15) is 4.79 Å². The molecule has 1 aliphatic carbocycles. The predicted molar refractivity (Wildman–Crippen MR) is 108 cm³/mol. The number of carbonyl (C=O) groups is 1. The van der Waals surface area contributed by atoms with E-state index >= 15 is 0 Å². The Morgan fingerprint density at radius 1 is 1.00 bits per heavy atom. The lowest BCUT2D eigenvalue weighted by molar-refractivity contribution is -0.670. The van der Waals surface area contributed by atoms with Crippen LogP contribution in [0.4, 0.5) is 0 Å². The van der Waals surface area contributed by atoms with Gasteiger partial charge in [0, 0.05) is 18.0 Å². The maximum atomic E-state index is 12.2. The summed E-state index contributed by atoms with van der Waals surface area (Å²) in [5.41, 5.74) is 2.49. The first-order valence-corrected chi connectivity index (χ1v) is 10.2. The van der Waals surface area contributed by atoms with Crippen molar-refractivity contribution in [1.29, 1.82) is 0 Å². The minimum absolute atomic E-state index is 0.00948. The highest BCUT2D eigenvalue weighted by molar-refractivity contribution is 5.77. The average Bonchev–Trinajstić information content (AvgIpc) is 2.72. The van der Waals surface area contributed by atoms with E-state index in [1.165, 1.54) is 24.8 Å². The number of ether oxygens (including phenoxy) is 1. The van der Waals surface area contributed by atoms with E-state index in [0.29, 0.717) is 6.04 Å². The number of hydrogen-bond acceptors (Lipinski definition) is 2. The third kappa shape index (κ3) is 6.72. The lowest BCUT2D eigenvalue weighted by Crippen LogP contribution is -2.83. The Kier molecular flexibility index (Phi) is 7.72. The number of para-hydroxylation sites is 1. The van der Waals surface area contributed by atoms with Gasteiger partial charge in [-0.05, 0) is 30.5 Å². The Morgan fingerprint density at radius 2 is 1.74 bits per heavy atom. The quantitative estimate of drug-likeness (QED) is 0.670. The SMILES string of the molecule is O=C(COc1ccccc1C[NH2+]CCc1ccccc1)NC1CCCCC1. The van der Waals surface area contributed by atoms with Crippen molar-refractivity contribution in [2.24, 2.45) is 0 Å². The second kappa shape index (κ2) is 10.7. The van der Waals surface area contributed by atoms with Gasteiger partial charge >= 0.3 is 0 Å². The summed E-state index contributed by atoms with van der Waals surface area (Å²) in [7, 11) is 0. The second-order valence-corrected chi connectivity index (χ2v) is 7.32. The normalized spacial score (nSPS) is 14.7. The van der Waals surface area contributed by atoms with Gasteiger partial charge in [0.15, 0.2) is 6.61 Å². The third-order valence-corrected chi connectivity index (χ3v) is 5.15. The highest BCUT2D eigenvalue weighted by Crippen LogP contribution is 2.18. The second-order valence-electron chi connectivity index (χ2n) is 7.32. The Balaban J connectivity index is 1.42. The van der Waals surface area contributed by atoms with E-state index < -0.39 is 0 Å². The Labute approximate surface area is 162 Å². The standard InChI is InChI=1S/C23H30N2O2/c26-23(25-21-12-5-2-6-13-21)18-27-22-14-8-7-11-20(22)17-24-16-15-19-9-3-1-4-10-19/h1,3-4,7-11,14,21,24H,2,5-6,12-13,15-18H2,(H,25,26)/p+1. The first kappa shape index (κ1) is 19.4. The minimum Gasteiger partial charge on any atom is -0.483 e. The fourth-order valence-electron chi connectivity index (χ4n) is 3.64. The lowest BCUT2D eigenvalue weighted by atomic mass is 9.95. The van der Waals surface area contributed by atoms with Gasteiger partial charge in [-0.2, -0.15) is 0 Å². The molecule has 0 aromatic heterocycles. The summed E-state index contributed by atoms with van der Waals surface area (Å²) < 4.78 is 5.82. The molecule has 0 aliphatic heterocycles. The minimum atomic E-state index is -0.00948. The molecule has 3 N–H and O–H groups in total. The number of benzene rings is 2. The van der Waals surface area contributed by atoms with Crippen LogP contribution in [0.25, 0.3) is 0 Å². The van der Waals surface area contributed by atoms with Crippen molar-refractivity contribution < 1.29 is 14.8 Å². The molecule has 1 aliphatic rings. The summed E-state index contributed by atoms with van der Waals surface area (Å²) in [5, 5.41) is 5.40. The number of amides is 1. The van der Waals surface area contributed by atoms with Crippen LogP contribution in [0, 0.1) is 0 Å². The van der Waals surface area contributed by atoms with E-state index in [1.807, 2.05) is 24.3 Å². The molecule has 0 heterocycles. The van der Waals surface area contributed by atoms with Crippen LogP contribution in [0.1, 0.15) is 43.2 Å². The lowest BCUT2D eigenvalue weighted by Gasteiger charge is -2.22. The summed E-state index contributed by atoms with van der Waals surface area (Å²) in [4.78, 5) is 12.2. The molecule has 1 amide bonds. The first-order valence-electron chi connectivity index (χ1n) is 10.2. The fourth-order valence-corrected chi connectivity index (χ4v) is 3.64. The maximum absolute atomic E-state index is 12.2. The topological polar surface area (TPSA) is 54.9 Å². The Bertz CT molecular complexity index is 697. The molecule has 1 saturated carbocycles. The van der Waals surface area contributed by atoms with Crippen LogP contribution in [-0.2, 0) is 17.8 Å². The third-order valence-electron chi connectivity index (χ3n) is 5.15.